The number of benzene rings is 1. The topological polar surface area (TPSA) is 89.2 Å². The molecular weight excluding hydrogens is 311 g/mol. The lowest BCUT2D eigenvalue weighted by atomic mass is 9.84. The van der Waals surface area contributed by atoms with E-state index in [1.807, 2.05) is 13.0 Å². The maximum atomic E-state index is 13.2. The molecule has 2 aromatic rings. The monoisotopic (exact) mass is 326 g/mol. The number of fused-ring (bicyclic) bond motifs is 1. The van der Waals surface area contributed by atoms with Crippen LogP contribution in [0.5, 0.6) is 5.75 Å². The van der Waals surface area contributed by atoms with Crippen LogP contribution in [0.2, 0.25) is 0 Å². The van der Waals surface area contributed by atoms with Crippen molar-refractivity contribution < 1.29 is 13.5 Å². The van der Waals surface area contributed by atoms with Gasteiger partial charge in [-0.05, 0) is 24.1 Å². The molecule has 3 rings (SSSR count). The minimum absolute atomic E-state index is 0.0626. The Hall–Kier alpha value is -3.07. The molecular formula is C18H15FN2O3. The highest BCUT2D eigenvalue weighted by Crippen LogP contribution is 2.40. The number of rotatable bonds is 3. The fourth-order valence-corrected chi connectivity index (χ4v) is 2.81. The van der Waals surface area contributed by atoms with Crippen LogP contribution in [0.1, 0.15) is 36.1 Å². The van der Waals surface area contributed by atoms with Crippen LogP contribution in [0, 0.1) is 17.1 Å². The standard InChI is InChI=1S/C18H15FN2O3/c1-2-3-12-8-14-16(18(22)23-12)15(13(9-20)17(21)24-14)10-4-6-11(19)7-5-10/h4-8,15H,2-3,21H2,1H3. The van der Waals surface area contributed by atoms with E-state index in [4.69, 9.17) is 14.9 Å². The molecule has 1 aromatic carbocycles. The molecule has 0 saturated heterocycles. The quantitative estimate of drug-likeness (QED) is 0.936. The first-order valence-electron chi connectivity index (χ1n) is 7.55. The molecule has 24 heavy (non-hydrogen) atoms. The van der Waals surface area contributed by atoms with Crippen LogP contribution in [-0.2, 0) is 6.42 Å². The largest absolute Gasteiger partial charge is 0.440 e. The van der Waals surface area contributed by atoms with Crippen LogP contribution in [0.3, 0.4) is 0 Å². The first-order chi connectivity index (χ1) is 11.5. The van der Waals surface area contributed by atoms with Crippen LogP contribution < -0.4 is 16.1 Å². The second kappa shape index (κ2) is 6.20. The van der Waals surface area contributed by atoms with E-state index in [0.29, 0.717) is 17.7 Å². The Morgan fingerprint density at radius 2 is 2.04 bits per heavy atom. The van der Waals surface area contributed by atoms with E-state index in [2.05, 4.69) is 0 Å². The zero-order valence-electron chi connectivity index (χ0n) is 13.0. The number of nitriles is 1. The summed E-state index contributed by atoms with van der Waals surface area (Å²) in [5.41, 5.74) is 6.15. The van der Waals surface area contributed by atoms with Gasteiger partial charge in [0.05, 0.1) is 11.5 Å². The summed E-state index contributed by atoms with van der Waals surface area (Å²) in [6.45, 7) is 1.96. The van der Waals surface area contributed by atoms with Gasteiger partial charge in [-0.25, -0.2) is 9.18 Å². The van der Waals surface area contributed by atoms with Crippen LogP contribution in [0.4, 0.5) is 4.39 Å². The molecule has 1 aromatic heterocycles. The first-order valence-corrected chi connectivity index (χ1v) is 7.55. The maximum Gasteiger partial charge on any atom is 0.343 e. The van der Waals surface area contributed by atoms with Crippen molar-refractivity contribution in [3.05, 3.63) is 74.9 Å². The summed E-state index contributed by atoms with van der Waals surface area (Å²) in [5.74, 6) is -0.446. The number of nitrogens with two attached hydrogens (primary N) is 1. The highest BCUT2D eigenvalue weighted by Gasteiger charge is 2.34. The molecule has 0 spiro atoms. The van der Waals surface area contributed by atoms with Gasteiger partial charge < -0.3 is 14.9 Å². The highest BCUT2D eigenvalue weighted by atomic mass is 19.1. The molecule has 1 atom stereocenters. The number of hydrogen-bond donors (Lipinski definition) is 1. The SMILES string of the molecule is CCCc1cc2c(c(=O)o1)C(c1ccc(F)cc1)C(C#N)=C(N)O2. The number of nitrogens with zero attached hydrogens (tertiary/aromatic N) is 1. The summed E-state index contributed by atoms with van der Waals surface area (Å²) in [4.78, 5) is 12.5. The van der Waals surface area contributed by atoms with Gasteiger partial charge in [0.25, 0.3) is 0 Å². The molecule has 122 valence electrons. The summed E-state index contributed by atoms with van der Waals surface area (Å²) < 4.78 is 24.0. The second-order valence-corrected chi connectivity index (χ2v) is 5.50. The molecule has 0 bridgehead atoms. The average molecular weight is 326 g/mol. The Morgan fingerprint density at radius 3 is 2.67 bits per heavy atom. The molecule has 0 fully saturated rings. The van der Waals surface area contributed by atoms with Gasteiger partial charge in [0.15, 0.2) is 0 Å². The van der Waals surface area contributed by atoms with E-state index in [9.17, 15) is 14.4 Å². The predicted octanol–water partition coefficient (Wildman–Crippen LogP) is 2.95. The molecule has 0 saturated carbocycles. The Balaban J connectivity index is 2.23. The molecule has 1 aliphatic heterocycles. The fourth-order valence-electron chi connectivity index (χ4n) is 2.81. The zero-order chi connectivity index (χ0) is 17.3. The van der Waals surface area contributed by atoms with Gasteiger partial charge in [0.2, 0.25) is 5.88 Å². The van der Waals surface area contributed by atoms with Gasteiger partial charge in [-0.15, -0.1) is 0 Å². The number of ether oxygens (including phenoxy) is 1. The molecule has 0 aliphatic carbocycles. The number of hydrogen-bond acceptors (Lipinski definition) is 5. The van der Waals surface area contributed by atoms with Crippen molar-refractivity contribution >= 4 is 0 Å². The summed E-state index contributed by atoms with van der Waals surface area (Å²) >= 11 is 0. The van der Waals surface area contributed by atoms with Crippen molar-refractivity contribution in [1.29, 1.82) is 5.26 Å². The lowest BCUT2D eigenvalue weighted by molar-refractivity contribution is 0.367. The average Bonchev–Trinajstić information content (AvgIpc) is 2.54. The lowest BCUT2D eigenvalue weighted by Gasteiger charge is -2.25. The molecule has 1 unspecified atom stereocenters. The first kappa shape index (κ1) is 15.8. The maximum absolute atomic E-state index is 13.2. The minimum Gasteiger partial charge on any atom is -0.440 e. The van der Waals surface area contributed by atoms with Crippen molar-refractivity contribution in [1.82, 2.24) is 0 Å². The Kier molecular flexibility index (Phi) is 4.09. The molecule has 1 aliphatic rings. The van der Waals surface area contributed by atoms with E-state index < -0.39 is 17.4 Å². The fraction of sp³-hybridized carbons (Fsp3) is 0.222. The number of halogens is 1. The van der Waals surface area contributed by atoms with Gasteiger partial charge in [-0.3, -0.25) is 0 Å². The number of allylic oxidation sites excluding steroid dienone is 1. The van der Waals surface area contributed by atoms with Crippen molar-refractivity contribution in [2.24, 2.45) is 5.73 Å². The van der Waals surface area contributed by atoms with E-state index in [1.54, 1.807) is 6.07 Å². The van der Waals surface area contributed by atoms with Gasteiger partial charge in [0, 0.05) is 12.5 Å². The third-order valence-corrected chi connectivity index (χ3v) is 3.88. The van der Waals surface area contributed by atoms with Gasteiger partial charge >= 0.3 is 5.63 Å². The Labute approximate surface area is 137 Å². The van der Waals surface area contributed by atoms with Crippen LogP contribution >= 0.6 is 0 Å². The van der Waals surface area contributed by atoms with Gasteiger partial charge in [-0.2, -0.15) is 5.26 Å². The Bertz CT molecular complexity index is 907. The predicted molar refractivity (Wildman–Crippen MR) is 84.7 cm³/mol. The molecule has 0 amide bonds. The summed E-state index contributed by atoms with van der Waals surface area (Å²) in [5, 5.41) is 9.43. The third-order valence-electron chi connectivity index (χ3n) is 3.88. The summed E-state index contributed by atoms with van der Waals surface area (Å²) in [6, 6.07) is 9.16. The van der Waals surface area contributed by atoms with E-state index in [1.165, 1.54) is 24.3 Å². The van der Waals surface area contributed by atoms with Crippen LogP contribution in [0.25, 0.3) is 0 Å². The molecule has 2 heterocycles. The van der Waals surface area contributed by atoms with E-state index in [-0.39, 0.29) is 22.8 Å². The van der Waals surface area contributed by atoms with Crippen LogP contribution in [0.15, 0.2) is 51.0 Å². The van der Waals surface area contributed by atoms with E-state index >= 15 is 0 Å². The van der Waals surface area contributed by atoms with E-state index in [0.717, 1.165) is 6.42 Å². The molecule has 6 heteroatoms. The normalized spacial score (nSPS) is 16.3. The van der Waals surface area contributed by atoms with Crippen molar-refractivity contribution in [2.75, 3.05) is 0 Å². The van der Waals surface area contributed by atoms with Gasteiger partial charge in [0.1, 0.15) is 29.0 Å². The van der Waals surface area contributed by atoms with Gasteiger partial charge in [-0.1, -0.05) is 19.1 Å². The lowest BCUT2D eigenvalue weighted by Crippen LogP contribution is -2.26. The number of aryl methyl sites for hydroxylation is 1. The Morgan fingerprint density at radius 1 is 1.33 bits per heavy atom. The van der Waals surface area contributed by atoms with Crippen molar-refractivity contribution in [2.45, 2.75) is 25.7 Å². The van der Waals surface area contributed by atoms with Crippen molar-refractivity contribution in [3.63, 3.8) is 0 Å². The smallest absolute Gasteiger partial charge is 0.343 e. The highest BCUT2D eigenvalue weighted by molar-refractivity contribution is 5.54. The van der Waals surface area contributed by atoms with Crippen molar-refractivity contribution in [3.8, 4) is 11.8 Å². The molecule has 5 nitrogen and oxygen atoms in total. The zero-order valence-corrected chi connectivity index (χ0v) is 13.0. The molecule has 2 N–H and O–H groups in total. The minimum atomic E-state index is -0.744. The van der Waals surface area contributed by atoms with Crippen LogP contribution in [-0.4, -0.2) is 0 Å². The second-order valence-electron chi connectivity index (χ2n) is 5.50. The summed E-state index contributed by atoms with van der Waals surface area (Å²) in [6.07, 6.45) is 1.39. The third kappa shape index (κ3) is 2.65. The summed E-state index contributed by atoms with van der Waals surface area (Å²) in [7, 11) is 0. The molecule has 0 radical (unpaired) electrons.